The Morgan fingerprint density at radius 1 is 1.33 bits per heavy atom. The van der Waals surface area contributed by atoms with Crippen molar-refractivity contribution in [1.82, 2.24) is 9.55 Å². The number of fused-ring (bicyclic) bond motifs is 3. The Kier molecular flexibility index (Phi) is 6.05. The number of aryl methyl sites for hydroxylation is 2. The molecule has 0 saturated heterocycles. The maximum atomic E-state index is 12.9. The van der Waals surface area contributed by atoms with Gasteiger partial charge in [-0.25, -0.2) is 4.98 Å². The van der Waals surface area contributed by atoms with Crippen molar-refractivity contribution in [2.45, 2.75) is 37.5 Å². The number of nitrogens with zero attached hydrogens (tertiary/aromatic N) is 2. The van der Waals surface area contributed by atoms with E-state index in [1.54, 1.807) is 24.5 Å². The molecule has 3 aromatic rings. The number of thioether (sulfide) groups is 1. The highest BCUT2D eigenvalue weighted by Gasteiger charge is 2.21. The molecule has 1 aromatic carbocycles. The van der Waals surface area contributed by atoms with Gasteiger partial charge in [0.05, 0.1) is 16.8 Å². The fourth-order valence-corrected chi connectivity index (χ4v) is 5.56. The van der Waals surface area contributed by atoms with Crippen LogP contribution in [-0.4, -0.2) is 27.8 Å². The molecule has 1 N–H and O–H groups in total. The summed E-state index contributed by atoms with van der Waals surface area (Å²) in [6, 6.07) is 5.99. The van der Waals surface area contributed by atoms with Crippen LogP contribution in [0.15, 0.2) is 34.2 Å². The zero-order chi connectivity index (χ0) is 21.3. The number of benzene rings is 1. The average Bonchev–Trinajstić information content (AvgIpc) is 3.09. The van der Waals surface area contributed by atoms with Gasteiger partial charge in [-0.3, -0.25) is 14.2 Å². The van der Waals surface area contributed by atoms with Crippen molar-refractivity contribution >= 4 is 44.9 Å². The number of carbonyl (C=O) groups is 1. The third kappa shape index (κ3) is 4.20. The summed E-state index contributed by atoms with van der Waals surface area (Å²) in [6.45, 7) is -2.99. The molecular weight excluding hydrogens is 432 g/mol. The maximum Gasteiger partial charge on any atom is 0.387 e. The molecule has 2 aromatic heterocycles. The Bertz CT molecular complexity index is 1160. The zero-order valence-corrected chi connectivity index (χ0v) is 17.7. The molecule has 1 aliphatic rings. The Labute approximate surface area is 179 Å². The van der Waals surface area contributed by atoms with Crippen LogP contribution >= 0.6 is 23.1 Å². The zero-order valence-electron chi connectivity index (χ0n) is 16.1. The van der Waals surface area contributed by atoms with Crippen LogP contribution < -0.4 is 15.6 Å². The SMILES string of the molecule is Cn1c(SCC(=O)Nc2ccccc2OC(F)F)nc2sc3c(c2c1=O)CCCC3. The van der Waals surface area contributed by atoms with E-state index in [1.165, 1.54) is 27.6 Å². The second-order valence-electron chi connectivity index (χ2n) is 6.86. The fraction of sp³-hybridized carbons (Fsp3) is 0.350. The van der Waals surface area contributed by atoms with Gasteiger partial charge in [0.1, 0.15) is 10.6 Å². The highest BCUT2D eigenvalue weighted by atomic mass is 32.2. The van der Waals surface area contributed by atoms with Crippen LogP contribution in [0.2, 0.25) is 0 Å². The summed E-state index contributed by atoms with van der Waals surface area (Å²) in [7, 11) is 1.65. The Morgan fingerprint density at radius 3 is 2.90 bits per heavy atom. The number of nitrogens with one attached hydrogen (secondary N) is 1. The summed E-state index contributed by atoms with van der Waals surface area (Å²) in [5.74, 6) is -0.549. The van der Waals surface area contributed by atoms with Crippen molar-refractivity contribution in [3.05, 3.63) is 45.1 Å². The van der Waals surface area contributed by atoms with E-state index in [-0.39, 0.29) is 22.7 Å². The van der Waals surface area contributed by atoms with E-state index < -0.39 is 12.5 Å². The van der Waals surface area contributed by atoms with Gasteiger partial charge in [-0.05, 0) is 43.4 Å². The highest BCUT2D eigenvalue weighted by Crippen LogP contribution is 2.34. The minimum atomic E-state index is -2.99. The average molecular weight is 452 g/mol. The summed E-state index contributed by atoms with van der Waals surface area (Å²) in [4.78, 5) is 31.8. The summed E-state index contributed by atoms with van der Waals surface area (Å²) in [5.41, 5.74) is 1.18. The topological polar surface area (TPSA) is 73.2 Å². The summed E-state index contributed by atoms with van der Waals surface area (Å²) in [6.07, 6.45) is 4.08. The number of anilines is 1. The number of rotatable bonds is 6. The van der Waals surface area contributed by atoms with Crippen molar-refractivity contribution in [3.8, 4) is 5.75 Å². The molecule has 158 valence electrons. The molecule has 6 nitrogen and oxygen atoms in total. The van der Waals surface area contributed by atoms with Crippen molar-refractivity contribution < 1.29 is 18.3 Å². The predicted molar refractivity (Wildman–Crippen MR) is 114 cm³/mol. The van der Waals surface area contributed by atoms with Crippen LogP contribution in [0.1, 0.15) is 23.3 Å². The van der Waals surface area contributed by atoms with Gasteiger partial charge in [0.25, 0.3) is 5.56 Å². The first kappa shape index (κ1) is 20.8. The van der Waals surface area contributed by atoms with Crippen LogP contribution in [0.25, 0.3) is 10.2 Å². The minimum absolute atomic E-state index is 0.0279. The largest absolute Gasteiger partial charge is 0.433 e. The molecule has 0 unspecified atom stereocenters. The van der Waals surface area contributed by atoms with Crippen LogP contribution in [0, 0.1) is 0 Å². The molecule has 0 atom stereocenters. The third-order valence-corrected chi connectivity index (χ3v) is 7.08. The number of halogens is 2. The van der Waals surface area contributed by atoms with Crippen LogP contribution in [0.3, 0.4) is 0 Å². The van der Waals surface area contributed by atoms with Crippen LogP contribution in [-0.2, 0) is 24.7 Å². The fourth-order valence-electron chi connectivity index (χ4n) is 3.48. The number of carbonyl (C=O) groups excluding carboxylic acids is 1. The molecule has 10 heteroatoms. The third-order valence-electron chi connectivity index (χ3n) is 4.86. The number of hydrogen-bond acceptors (Lipinski definition) is 6. The predicted octanol–water partition coefficient (Wildman–Crippen LogP) is 4.21. The molecule has 0 bridgehead atoms. The van der Waals surface area contributed by atoms with Crippen LogP contribution in [0.5, 0.6) is 5.75 Å². The first-order chi connectivity index (χ1) is 14.4. The first-order valence-electron chi connectivity index (χ1n) is 9.42. The second kappa shape index (κ2) is 8.73. The van der Waals surface area contributed by atoms with Crippen molar-refractivity contribution in [2.24, 2.45) is 7.05 Å². The lowest BCUT2D eigenvalue weighted by Gasteiger charge is -2.12. The van der Waals surface area contributed by atoms with E-state index in [9.17, 15) is 18.4 Å². The van der Waals surface area contributed by atoms with Crippen molar-refractivity contribution in [3.63, 3.8) is 0 Å². The van der Waals surface area contributed by atoms with Gasteiger partial charge in [0, 0.05) is 11.9 Å². The molecule has 0 saturated carbocycles. The van der Waals surface area contributed by atoms with Crippen molar-refractivity contribution in [1.29, 1.82) is 0 Å². The number of hydrogen-bond donors (Lipinski definition) is 1. The molecule has 0 fully saturated rings. The Balaban J connectivity index is 1.51. The lowest BCUT2D eigenvalue weighted by atomic mass is 9.97. The Morgan fingerprint density at radius 2 is 2.10 bits per heavy atom. The van der Waals surface area contributed by atoms with Gasteiger partial charge in [0.15, 0.2) is 5.16 Å². The summed E-state index contributed by atoms with van der Waals surface area (Å²) >= 11 is 2.68. The van der Waals surface area contributed by atoms with Gasteiger partial charge < -0.3 is 10.1 Å². The standard InChI is InChI=1S/C20H19F2N3O3S2/c1-25-18(27)16-11-6-2-5-9-14(11)30-17(16)24-20(25)29-10-15(26)23-12-7-3-4-8-13(12)28-19(21)22/h3-4,7-8,19H,2,5-6,9-10H2,1H3,(H,23,26). The van der Waals surface area contributed by atoms with Gasteiger partial charge >= 0.3 is 6.61 Å². The number of aromatic nitrogens is 2. The molecule has 2 heterocycles. The van der Waals surface area contributed by atoms with E-state index >= 15 is 0 Å². The number of alkyl halides is 2. The minimum Gasteiger partial charge on any atom is -0.433 e. The molecule has 30 heavy (non-hydrogen) atoms. The van der Waals surface area contributed by atoms with Gasteiger partial charge in [-0.15, -0.1) is 11.3 Å². The highest BCUT2D eigenvalue weighted by molar-refractivity contribution is 7.99. The number of ether oxygens (including phenoxy) is 1. The lowest BCUT2D eigenvalue weighted by molar-refractivity contribution is -0.113. The van der Waals surface area contributed by atoms with Crippen LogP contribution in [0.4, 0.5) is 14.5 Å². The van der Waals surface area contributed by atoms with E-state index in [2.05, 4.69) is 15.0 Å². The molecule has 0 radical (unpaired) electrons. The molecule has 0 spiro atoms. The smallest absolute Gasteiger partial charge is 0.387 e. The first-order valence-corrected chi connectivity index (χ1v) is 11.2. The van der Waals surface area contributed by atoms with E-state index in [4.69, 9.17) is 0 Å². The monoisotopic (exact) mass is 451 g/mol. The number of para-hydroxylation sites is 2. The van der Waals surface area contributed by atoms with E-state index in [0.717, 1.165) is 43.0 Å². The number of amides is 1. The maximum absolute atomic E-state index is 12.9. The quantitative estimate of drug-likeness (QED) is 0.449. The van der Waals surface area contributed by atoms with E-state index in [0.29, 0.717) is 15.4 Å². The molecule has 1 amide bonds. The molecule has 4 rings (SSSR count). The van der Waals surface area contributed by atoms with Gasteiger partial charge in [0.2, 0.25) is 5.91 Å². The lowest BCUT2D eigenvalue weighted by Crippen LogP contribution is -2.22. The second-order valence-corrected chi connectivity index (χ2v) is 8.89. The number of thiophene rings is 1. The molecule has 1 aliphatic carbocycles. The summed E-state index contributed by atoms with van der Waals surface area (Å²) < 4.78 is 30.9. The molecule has 0 aliphatic heterocycles. The normalized spacial score (nSPS) is 13.5. The molecular formula is C20H19F2N3O3S2. The van der Waals surface area contributed by atoms with Gasteiger partial charge in [-0.2, -0.15) is 8.78 Å². The van der Waals surface area contributed by atoms with E-state index in [1.807, 2.05) is 0 Å². The Hall–Kier alpha value is -2.46. The van der Waals surface area contributed by atoms with Crippen molar-refractivity contribution in [2.75, 3.05) is 11.1 Å². The van der Waals surface area contributed by atoms with Gasteiger partial charge in [-0.1, -0.05) is 23.9 Å². The summed E-state index contributed by atoms with van der Waals surface area (Å²) in [5, 5.41) is 3.71.